The molecule has 0 radical (unpaired) electrons. The fourth-order valence-electron chi connectivity index (χ4n) is 3.17. The molecule has 30 heavy (non-hydrogen) atoms. The Morgan fingerprint density at radius 3 is 1.87 bits per heavy atom. The summed E-state index contributed by atoms with van der Waals surface area (Å²) < 4.78 is 20.9. The minimum atomic E-state index is -1.49. The summed E-state index contributed by atoms with van der Waals surface area (Å²) >= 11 is 0. The lowest BCUT2D eigenvalue weighted by Gasteiger charge is -2.40. The second kappa shape index (κ2) is 8.59. The van der Waals surface area contributed by atoms with Gasteiger partial charge in [-0.25, -0.2) is 4.84 Å². The minimum Gasteiger partial charge on any atom is -0.456 e. The molecular weight excluding hydrogens is 402 g/mol. The second-order valence-corrected chi connectivity index (χ2v) is 6.55. The zero-order valence-electron chi connectivity index (χ0n) is 16.4. The van der Waals surface area contributed by atoms with Crippen LogP contribution in [0.1, 0.15) is 41.5 Å². The summed E-state index contributed by atoms with van der Waals surface area (Å²) in [5.41, 5.74) is 0.272. The Balaban J connectivity index is 1.87. The van der Waals surface area contributed by atoms with Gasteiger partial charge in [0.1, 0.15) is 0 Å². The molecule has 0 bridgehead atoms. The highest BCUT2D eigenvalue weighted by Gasteiger charge is 2.50. The lowest BCUT2D eigenvalue weighted by molar-refractivity contribution is -0.318. The average Bonchev–Trinajstić information content (AvgIpc) is 2.90. The van der Waals surface area contributed by atoms with Gasteiger partial charge in [0.2, 0.25) is 6.29 Å². The number of ether oxygens (including phenoxy) is 4. The Morgan fingerprint density at radius 1 is 0.867 bits per heavy atom. The number of amides is 2. The van der Waals surface area contributed by atoms with Gasteiger partial charge in [-0.05, 0) is 12.1 Å². The molecule has 0 spiro atoms. The SMILES string of the molecule is CC(=O)O[C@@H]1[C@@H](ON2C(=O)c3ccccc3C2=O)OC[C@H](OC(C)=O)[C@H]1OC(C)=O. The summed E-state index contributed by atoms with van der Waals surface area (Å²) in [7, 11) is 0. The lowest BCUT2D eigenvalue weighted by Crippen LogP contribution is -2.59. The summed E-state index contributed by atoms with van der Waals surface area (Å²) in [6.07, 6.45) is -5.30. The smallest absolute Gasteiger partial charge is 0.303 e. The Hall–Kier alpha value is -3.31. The Labute approximate surface area is 170 Å². The molecule has 2 aliphatic rings. The number of nitrogens with zero attached hydrogens (tertiary/aromatic N) is 1. The maximum absolute atomic E-state index is 12.5. The standard InChI is InChI=1S/C19H19NO10/c1-9(21)27-14-8-26-19(16(29-11(3)23)15(14)28-10(2)22)30-20-17(24)12-6-4-5-7-13(12)18(20)25/h4-7,14-16,19H,8H2,1-3H3/t14-,15+,16-,19+/m0/s1. The molecule has 0 aliphatic carbocycles. The molecule has 4 atom stereocenters. The van der Waals surface area contributed by atoms with Crippen molar-refractivity contribution in [1.82, 2.24) is 5.06 Å². The molecule has 2 aliphatic heterocycles. The maximum Gasteiger partial charge on any atom is 0.303 e. The molecule has 160 valence electrons. The first-order valence-corrected chi connectivity index (χ1v) is 8.97. The van der Waals surface area contributed by atoms with E-state index >= 15 is 0 Å². The van der Waals surface area contributed by atoms with Gasteiger partial charge >= 0.3 is 17.9 Å². The van der Waals surface area contributed by atoms with Crippen LogP contribution in [-0.4, -0.2) is 66.0 Å². The average molecular weight is 421 g/mol. The normalized spacial score (nSPS) is 25.5. The number of esters is 3. The van der Waals surface area contributed by atoms with Crippen LogP contribution in [0.25, 0.3) is 0 Å². The predicted molar refractivity (Wildman–Crippen MR) is 94.4 cm³/mol. The van der Waals surface area contributed by atoms with E-state index in [2.05, 4.69) is 0 Å². The van der Waals surface area contributed by atoms with Gasteiger partial charge in [0.25, 0.3) is 11.8 Å². The van der Waals surface area contributed by atoms with Crippen LogP contribution >= 0.6 is 0 Å². The topological polar surface area (TPSA) is 135 Å². The van der Waals surface area contributed by atoms with E-state index in [1.807, 2.05) is 0 Å². The number of hydrogen-bond acceptors (Lipinski definition) is 10. The fraction of sp³-hybridized carbons (Fsp3) is 0.421. The first-order valence-electron chi connectivity index (χ1n) is 8.97. The monoisotopic (exact) mass is 421 g/mol. The third-order valence-corrected chi connectivity index (χ3v) is 4.27. The fourth-order valence-corrected chi connectivity index (χ4v) is 3.17. The molecule has 1 aromatic carbocycles. The van der Waals surface area contributed by atoms with Gasteiger partial charge in [0, 0.05) is 20.8 Å². The molecule has 1 aromatic rings. The highest BCUT2D eigenvalue weighted by Crippen LogP contribution is 2.29. The van der Waals surface area contributed by atoms with Gasteiger partial charge < -0.3 is 18.9 Å². The van der Waals surface area contributed by atoms with Crippen molar-refractivity contribution in [3.63, 3.8) is 0 Å². The number of benzene rings is 1. The molecule has 11 heteroatoms. The molecular formula is C19H19NO10. The minimum absolute atomic E-state index is 0.136. The van der Waals surface area contributed by atoms with Crippen molar-refractivity contribution >= 4 is 29.7 Å². The summed E-state index contributed by atoms with van der Waals surface area (Å²) in [4.78, 5) is 65.1. The Morgan fingerprint density at radius 2 is 1.37 bits per heavy atom. The maximum atomic E-state index is 12.5. The van der Waals surface area contributed by atoms with Gasteiger partial charge in [-0.15, -0.1) is 5.06 Å². The van der Waals surface area contributed by atoms with Crippen LogP contribution in [0.2, 0.25) is 0 Å². The van der Waals surface area contributed by atoms with Crippen LogP contribution in [0.15, 0.2) is 24.3 Å². The molecule has 2 amide bonds. The first-order chi connectivity index (χ1) is 14.2. The van der Waals surface area contributed by atoms with E-state index in [-0.39, 0.29) is 17.7 Å². The van der Waals surface area contributed by atoms with E-state index in [0.717, 1.165) is 20.8 Å². The number of carbonyl (C=O) groups is 5. The highest BCUT2D eigenvalue weighted by molar-refractivity contribution is 6.20. The quantitative estimate of drug-likeness (QED) is 0.373. The lowest BCUT2D eigenvalue weighted by atomic mass is 10.0. The van der Waals surface area contributed by atoms with Gasteiger partial charge in [0.05, 0.1) is 17.7 Å². The van der Waals surface area contributed by atoms with Crippen LogP contribution in [0.3, 0.4) is 0 Å². The van der Waals surface area contributed by atoms with Crippen LogP contribution in [0.5, 0.6) is 0 Å². The zero-order chi connectivity index (χ0) is 22.0. The Bertz CT molecular complexity index is 862. The number of rotatable bonds is 5. The number of carbonyl (C=O) groups excluding carboxylic acids is 5. The highest BCUT2D eigenvalue weighted by atomic mass is 16.8. The molecule has 0 saturated carbocycles. The van der Waals surface area contributed by atoms with Crippen LogP contribution in [0.4, 0.5) is 0 Å². The van der Waals surface area contributed by atoms with Crippen molar-refractivity contribution in [2.45, 2.75) is 45.4 Å². The largest absolute Gasteiger partial charge is 0.456 e. The molecule has 0 aromatic heterocycles. The summed E-state index contributed by atoms with van der Waals surface area (Å²) in [5.74, 6) is -3.66. The summed E-state index contributed by atoms with van der Waals surface area (Å²) in [5, 5.41) is 0.489. The molecule has 11 nitrogen and oxygen atoms in total. The van der Waals surface area contributed by atoms with Crippen molar-refractivity contribution in [3.8, 4) is 0 Å². The van der Waals surface area contributed by atoms with E-state index in [1.54, 1.807) is 12.1 Å². The van der Waals surface area contributed by atoms with Crippen LogP contribution < -0.4 is 0 Å². The zero-order valence-corrected chi connectivity index (χ0v) is 16.4. The number of fused-ring (bicyclic) bond motifs is 1. The third-order valence-electron chi connectivity index (χ3n) is 4.27. The van der Waals surface area contributed by atoms with E-state index in [4.69, 9.17) is 23.8 Å². The Kier molecular flexibility index (Phi) is 6.13. The van der Waals surface area contributed by atoms with Gasteiger partial charge in [-0.3, -0.25) is 24.0 Å². The van der Waals surface area contributed by atoms with Crippen molar-refractivity contribution in [2.75, 3.05) is 6.61 Å². The molecule has 0 N–H and O–H groups in total. The summed E-state index contributed by atoms with van der Waals surface area (Å²) in [6.45, 7) is 3.06. The second-order valence-electron chi connectivity index (χ2n) is 6.55. The van der Waals surface area contributed by atoms with Crippen molar-refractivity contribution in [1.29, 1.82) is 0 Å². The van der Waals surface area contributed by atoms with Crippen molar-refractivity contribution in [3.05, 3.63) is 35.4 Å². The van der Waals surface area contributed by atoms with E-state index in [0.29, 0.717) is 5.06 Å². The van der Waals surface area contributed by atoms with Crippen molar-refractivity contribution < 1.29 is 47.8 Å². The third kappa shape index (κ3) is 4.31. The van der Waals surface area contributed by atoms with Gasteiger partial charge in [-0.2, -0.15) is 0 Å². The van der Waals surface area contributed by atoms with Crippen molar-refractivity contribution in [2.24, 2.45) is 0 Å². The van der Waals surface area contributed by atoms with E-state index < -0.39 is 54.3 Å². The van der Waals surface area contributed by atoms with Crippen LogP contribution in [0, 0.1) is 0 Å². The predicted octanol–water partition coefficient (Wildman–Crippen LogP) is 0.366. The number of hydroxylamine groups is 2. The number of imide groups is 1. The van der Waals surface area contributed by atoms with E-state index in [9.17, 15) is 24.0 Å². The first kappa shape index (κ1) is 21.4. The molecule has 1 saturated heterocycles. The molecule has 0 unspecified atom stereocenters. The molecule has 3 rings (SSSR count). The number of hydrogen-bond donors (Lipinski definition) is 0. The molecule has 1 fully saturated rings. The van der Waals surface area contributed by atoms with Crippen LogP contribution in [-0.2, 0) is 38.2 Å². The summed E-state index contributed by atoms with van der Waals surface area (Å²) in [6, 6.07) is 6.10. The molecule has 2 heterocycles. The van der Waals surface area contributed by atoms with E-state index in [1.165, 1.54) is 12.1 Å². The van der Waals surface area contributed by atoms with Gasteiger partial charge in [-0.1, -0.05) is 12.1 Å². The van der Waals surface area contributed by atoms with Gasteiger partial charge in [0.15, 0.2) is 18.3 Å².